The van der Waals surface area contributed by atoms with Crippen molar-refractivity contribution >= 4 is 87.2 Å². The second-order valence-corrected chi connectivity index (χ2v) is 13.7. The van der Waals surface area contributed by atoms with Crippen LogP contribution in [0.3, 0.4) is 0 Å². The molecular weight excluding hydrogens is 789 g/mol. The Morgan fingerprint density at radius 2 is 0.672 bits per heavy atom. The van der Waals surface area contributed by atoms with Gasteiger partial charge in [0, 0.05) is 36.3 Å². The van der Waals surface area contributed by atoms with Gasteiger partial charge in [-0.1, -0.05) is 72.8 Å². The van der Waals surface area contributed by atoms with Crippen molar-refractivity contribution in [3.8, 4) is 0 Å². The molecule has 0 spiro atoms. The maximum absolute atomic E-state index is 12.6. The number of thiocarbonyl (C=S) groups is 3. The number of anilines is 3. The van der Waals surface area contributed by atoms with Crippen molar-refractivity contribution < 1.29 is 14.4 Å². The lowest BCUT2D eigenvalue weighted by atomic mass is 10.2. The maximum Gasteiger partial charge on any atom is 0.257 e. The molecule has 6 rings (SSSR count). The van der Waals surface area contributed by atoms with Crippen molar-refractivity contribution in [1.29, 1.82) is 0 Å². The lowest BCUT2D eigenvalue weighted by molar-refractivity contribution is 0.0969. The quantitative estimate of drug-likeness (QED) is 0.0747. The zero-order valence-electron chi connectivity index (χ0n) is 30.7. The van der Waals surface area contributed by atoms with Crippen LogP contribution < -0.4 is 31.9 Å². The molecule has 0 aliphatic heterocycles. The average molecular weight is 825 g/mol. The van der Waals surface area contributed by atoms with Crippen molar-refractivity contribution in [3.05, 3.63) is 179 Å². The van der Waals surface area contributed by atoms with E-state index in [1.165, 1.54) is 0 Å². The highest BCUT2D eigenvalue weighted by Gasteiger charge is 2.15. The molecule has 6 N–H and O–H groups in total. The predicted molar refractivity (Wildman–Crippen MR) is 236 cm³/mol. The summed E-state index contributed by atoms with van der Waals surface area (Å²) in [5, 5.41) is 17.4. The summed E-state index contributed by atoms with van der Waals surface area (Å²) < 4.78 is 0. The number of nitrogens with one attached hydrogen (secondary N) is 6. The first-order chi connectivity index (χ1) is 28.2. The standard InChI is InChI=1S/C42H36N10O3S3/c53-37(28-13-4-1-5-14-28)49-40(56)46-34-22-10-19-31(43-34)25-52(26-32-20-11-23-35(44-32)47-41(57)50-38(54)29-15-6-2-7-16-29)27-33-21-12-24-36(45-33)48-42(58)51-39(55)30-17-8-3-9-18-30/h1-24H,25-27H2,(H2,43,46,49,53,56)(H2,44,47,50,54,57)(H2,45,48,51,55,58). The summed E-state index contributed by atoms with van der Waals surface area (Å²) in [6.45, 7) is 1.07. The van der Waals surface area contributed by atoms with Crippen molar-refractivity contribution in [3.63, 3.8) is 0 Å². The molecule has 3 amide bonds. The highest BCUT2D eigenvalue weighted by Crippen LogP contribution is 2.16. The topological polar surface area (TPSA) is 165 Å². The lowest BCUT2D eigenvalue weighted by Gasteiger charge is -2.22. The molecule has 0 aliphatic carbocycles. The molecule has 0 radical (unpaired) electrons. The van der Waals surface area contributed by atoms with Crippen LogP contribution in [0.25, 0.3) is 0 Å². The van der Waals surface area contributed by atoms with Gasteiger partial charge in [-0.05, 0) is 109 Å². The number of benzene rings is 3. The highest BCUT2D eigenvalue weighted by atomic mass is 32.1. The number of rotatable bonds is 12. The van der Waals surface area contributed by atoms with Gasteiger partial charge in [0.2, 0.25) is 0 Å². The van der Waals surface area contributed by atoms with Crippen molar-refractivity contribution in [1.82, 2.24) is 35.8 Å². The highest BCUT2D eigenvalue weighted by molar-refractivity contribution is 7.81. The van der Waals surface area contributed by atoms with E-state index < -0.39 is 0 Å². The lowest BCUT2D eigenvalue weighted by Crippen LogP contribution is -2.34. The number of carbonyl (C=O) groups is 3. The van der Waals surface area contributed by atoms with Gasteiger partial charge < -0.3 is 16.0 Å². The van der Waals surface area contributed by atoms with Crippen LogP contribution in [0.5, 0.6) is 0 Å². The number of aromatic nitrogens is 3. The third-order valence-corrected chi connectivity index (χ3v) is 8.70. The molecule has 290 valence electrons. The molecule has 13 nitrogen and oxygen atoms in total. The summed E-state index contributed by atoms with van der Waals surface area (Å²) in [7, 11) is 0. The first-order valence-electron chi connectivity index (χ1n) is 17.8. The van der Waals surface area contributed by atoms with E-state index in [0.717, 1.165) is 0 Å². The molecule has 16 heteroatoms. The van der Waals surface area contributed by atoms with E-state index >= 15 is 0 Å². The number of carbonyl (C=O) groups excluding carboxylic acids is 3. The minimum absolute atomic E-state index is 0.105. The Morgan fingerprint density at radius 3 is 0.948 bits per heavy atom. The van der Waals surface area contributed by atoms with Crippen LogP contribution in [0.15, 0.2) is 146 Å². The number of amides is 3. The normalized spacial score (nSPS) is 10.5. The number of hydrogen-bond acceptors (Lipinski definition) is 10. The second kappa shape index (κ2) is 20.4. The fraction of sp³-hybridized carbons (Fsp3) is 0.0714. The Morgan fingerprint density at radius 1 is 0.397 bits per heavy atom. The smallest absolute Gasteiger partial charge is 0.257 e. The number of nitrogens with zero attached hydrogens (tertiary/aromatic N) is 4. The summed E-state index contributed by atoms with van der Waals surface area (Å²) in [5.74, 6) is 0.317. The molecule has 3 heterocycles. The molecule has 0 bridgehead atoms. The summed E-state index contributed by atoms with van der Waals surface area (Å²) in [6, 6.07) is 42.7. The van der Waals surface area contributed by atoms with Crippen LogP contribution in [0.1, 0.15) is 48.2 Å². The summed E-state index contributed by atoms with van der Waals surface area (Å²) in [4.78, 5) is 54.3. The van der Waals surface area contributed by atoms with Gasteiger partial charge in [0.05, 0.1) is 17.1 Å². The third kappa shape index (κ3) is 12.6. The largest absolute Gasteiger partial charge is 0.317 e. The van der Waals surface area contributed by atoms with E-state index in [1.54, 1.807) is 91.0 Å². The molecule has 3 aromatic carbocycles. The molecule has 0 unspecified atom stereocenters. The molecule has 3 aromatic heterocycles. The van der Waals surface area contributed by atoms with Gasteiger partial charge in [-0.15, -0.1) is 0 Å². The first-order valence-corrected chi connectivity index (χ1v) is 19.0. The molecular formula is C42H36N10O3S3. The summed E-state index contributed by atoms with van der Waals surface area (Å²) in [5.41, 5.74) is 3.51. The maximum atomic E-state index is 12.6. The Kier molecular flexibility index (Phi) is 14.3. The average Bonchev–Trinajstić information content (AvgIpc) is 3.22. The first kappa shape index (κ1) is 40.8. The summed E-state index contributed by atoms with van der Waals surface area (Å²) >= 11 is 16.2. The Hall–Kier alpha value is -6.85. The Labute approximate surface area is 350 Å². The van der Waals surface area contributed by atoms with Gasteiger partial charge in [-0.25, -0.2) is 15.0 Å². The van der Waals surface area contributed by atoms with E-state index in [2.05, 4.69) is 36.8 Å². The van der Waals surface area contributed by atoms with E-state index in [4.69, 9.17) is 51.6 Å². The van der Waals surface area contributed by atoms with Gasteiger partial charge >= 0.3 is 0 Å². The molecule has 0 aliphatic rings. The van der Waals surface area contributed by atoms with Gasteiger partial charge in [-0.2, -0.15) is 0 Å². The Balaban J connectivity index is 1.16. The van der Waals surface area contributed by atoms with Gasteiger partial charge in [-0.3, -0.25) is 35.2 Å². The predicted octanol–water partition coefficient (Wildman–Crippen LogP) is 6.45. The minimum atomic E-state index is -0.340. The van der Waals surface area contributed by atoms with Crippen molar-refractivity contribution in [2.24, 2.45) is 0 Å². The van der Waals surface area contributed by atoms with Crippen LogP contribution in [0.2, 0.25) is 0 Å². The monoisotopic (exact) mass is 824 g/mol. The van der Waals surface area contributed by atoms with Gasteiger partial charge in [0.25, 0.3) is 17.7 Å². The van der Waals surface area contributed by atoms with E-state index in [9.17, 15) is 14.4 Å². The molecule has 6 aromatic rings. The summed E-state index contributed by atoms with van der Waals surface area (Å²) in [6.07, 6.45) is 0. The van der Waals surface area contributed by atoms with Crippen molar-refractivity contribution in [2.75, 3.05) is 16.0 Å². The minimum Gasteiger partial charge on any atom is -0.317 e. The second-order valence-electron chi connectivity index (χ2n) is 12.5. The fourth-order valence-electron chi connectivity index (χ4n) is 5.50. The van der Waals surface area contributed by atoms with E-state index in [-0.39, 0.29) is 33.1 Å². The van der Waals surface area contributed by atoms with Crippen molar-refractivity contribution in [2.45, 2.75) is 19.6 Å². The molecule has 0 saturated carbocycles. The van der Waals surface area contributed by atoms with Crippen LogP contribution in [-0.4, -0.2) is 52.9 Å². The molecule has 0 atom stereocenters. The van der Waals surface area contributed by atoms with Crippen LogP contribution in [-0.2, 0) is 19.6 Å². The van der Waals surface area contributed by atoms with E-state index in [0.29, 0.717) is 70.9 Å². The fourth-order valence-corrected chi connectivity index (χ4v) is 6.10. The third-order valence-electron chi connectivity index (χ3n) is 8.09. The molecule has 0 saturated heterocycles. The van der Waals surface area contributed by atoms with Gasteiger partial charge in [0.1, 0.15) is 17.5 Å². The van der Waals surface area contributed by atoms with Crippen LogP contribution in [0, 0.1) is 0 Å². The molecule has 58 heavy (non-hydrogen) atoms. The van der Waals surface area contributed by atoms with Crippen LogP contribution >= 0.6 is 36.7 Å². The van der Waals surface area contributed by atoms with E-state index in [1.807, 2.05) is 54.6 Å². The van der Waals surface area contributed by atoms with Crippen LogP contribution in [0.4, 0.5) is 17.5 Å². The molecule has 0 fully saturated rings. The number of pyridine rings is 3. The SMILES string of the molecule is O=C(NC(=S)Nc1cccc(CN(Cc2cccc(NC(=S)NC(=O)c3ccccc3)n2)Cc2cccc(NC(=S)NC(=O)c3ccccc3)n2)n1)c1ccccc1. The zero-order chi connectivity index (χ0) is 40.7. The zero-order valence-corrected chi connectivity index (χ0v) is 33.2. The van der Waals surface area contributed by atoms with Gasteiger partial charge in [0.15, 0.2) is 15.3 Å². The number of hydrogen-bond donors (Lipinski definition) is 6. The Bertz CT molecular complexity index is 2150.